The highest BCUT2D eigenvalue weighted by atomic mass is 35.5. The average Bonchev–Trinajstić information content (AvgIpc) is 3.19. The summed E-state index contributed by atoms with van der Waals surface area (Å²) < 4.78 is 1.82. The molecule has 1 amide bonds. The Morgan fingerprint density at radius 2 is 1.80 bits per heavy atom. The van der Waals surface area contributed by atoms with Gasteiger partial charge in [-0.05, 0) is 55.7 Å². The van der Waals surface area contributed by atoms with Crippen LogP contribution in [0, 0.1) is 13.8 Å². The van der Waals surface area contributed by atoms with Crippen molar-refractivity contribution in [1.29, 1.82) is 0 Å². The summed E-state index contributed by atoms with van der Waals surface area (Å²) in [7, 11) is 0. The zero-order valence-electron chi connectivity index (χ0n) is 17.7. The number of benzene rings is 2. The zero-order valence-corrected chi connectivity index (χ0v) is 18.5. The predicted octanol–water partition coefficient (Wildman–Crippen LogP) is 4.67. The van der Waals surface area contributed by atoms with Crippen LogP contribution in [0.15, 0.2) is 48.7 Å². The van der Waals surface area contributed by atoms with Gasteiger partial charge in [0.15, 0.2) is 0 Å². The van der Waals surface area contributed by atoms with Crippen molar-refractivity contribution in [3.8, 4) is 5.69 Å². The number of rotatable bonds is 4. The van der Waals surface area contributed by atoms with Crippen molar-refractivity contribution in [2.45, 2.75) is 27.2 Å². The van der Waals surface area contributed by atoms with Gasteiger partial charge in [0, 0.05) is 36.9 Å². The molecule has 0 unspecified atom stereocenters. The zero-order chi connectivity index (χ0) is 21.3. The van der Waals surface area contributed by atoms with Crippen LogP contribution in [0.25, 0.3) is 5.69 Å². The van der Waals surface area contributed by atoms with Crippen LogP contribution in [0.5, 0.6) is 0 Å². The van der Waals surface area contributed by atoms with E-state index >= 15 is 0 Å². The number of hydrogen-bond donors (Lipinski definition) is 0. The molecule has 0 aliphatic carbocycles. The summed E-state index contributed by atoms with van der Waals surface area (Å²) >= 11 is 6.15. The summed E-state index contributed by atoms with van der Waals surface area (Å²) in [5.41, 5.74) is 6.35. The molecule has 0 N–H and O–H groups in total. The first kappa shape index (κ1) is 20.5. The van der Waals surface area contributed by atoms with Crippen molar-refractivity contribution in [1.82, 2.24) is 14.7 Å². The molecular weight excluding hydrogens is 396 g/mol. The third kappa shape index (κ3) is 3.82. The lowest BCUT2D eigenvalue weighted by atomic mass is 10.1. The third-order valence-electron chi connectivity index (χ3n) is 5.97. The van der Waals surface area contributed by atoms with Crippen molar-refractivity contribution in [2.75, 3.05) is 31.1 Å². The van der Waals surface area contributed by atoms with Gasteiger partial charge in [0.25, 0.3) is 5.91 Å². The number of nitrogens with zero attached hydrogens (tertiary/aromatic N) is 4. The summed E-state index contributed by atoms with van der Waals surface area (Å²) in [6.45, 7) is 9.44. The SMILES string of the molecule is CCc1c(C(=O)N2CCN(c3cccc(C)c3C)CC2)cnn1-c1cccc(Cl)c1. The Morgan fingerprint density at radius 1 is 1.07 bits per heavy atom. The van der Waals surface area contributed by atoms with Crippen LogP contribution in [0.2, 0.25) is 5.02 Å². The highest BCUT2D eigenvalue weighted by molar-refractivity contribution is 6.30. The van der Waals surface area contributed by atoms with Gasteiger partial charge in [-0.25, -0.2) is 4.68 Å². The van der Waals surface area contributed by atoms with Gasteiger partial charge in [0.05, 0.1) is 23.1 Å². The van der Waals surface area contributed by atoms with Gasteiger partial charge >= 0.3 is 0 Å². The fourth-order valence-corrected chi connectivity index (χ4v) is 4.31. The second kappa shape index (κ2) is 8.52. The molecule has 30 heavy (non-hydrogen) atoms. The molecule has 4 rings (SSSR count). The van der Waals surface area contributed by atoms with Gasteiger partial charge in [-0.2, -0.15) is 5.10 Å². The van der Waals surface area contributed by atoms with Crippen molar-refractivity contribution < 1.29 is 4.79 Å². The number of anilines is 1. The molecule has 156 valence electrons. The van der Waals surface area contributed by atoms with Crippen LogP contribution in [0.4, 0.5) is 5.69 Å². The average molecular weight is 423 g/mol. The molecular formula is C24H27ClN4O. The van der Waals surface area contributed by atoms with Crippen LogP contribution in [0.1, 0.15) is 34.1 Å². The lowest BCUT2D eigenvalue weighted by Crippen LogP contribution is -2.49. The highest BCUT2D eigenvalue weighted by Crippen LogP contribution is 2.25. The van der Waals surface area contributed by atoms with E-state index in [1.54, 1.807) is 6.20 Å². The number of aryl methyl sites for hydroxylation is 1. The van der Waals surface area contributed by atoms with Gasteiger partial charge in [0.1, 0.15) is 0 Å². The number of amides is 1. The molecule has 5 nitrogen and oxygen atoms in total. The van der Waals surface area contributed by atoms with Gasteiger partial charge in [-0.1, -0.05) is 36.7 Å². The largest absolute Gasteiger partial charge is 0.368 e. The monoisotopic (exact) mass is 422 g/mol. The Kier molecular flexibility index (Phi) is 5.82. The fourth-order valence-electron chi connectivity index (χ4n) is 4.12. The third-order valence-corrected chi connectivity index (χ3v) is 6.21. The molecule has 1 aromatic heterocycles. The molecule has 0 spiro atoms. The molecule has 2 aromatic carbocycles. The Balaban J connectivity index is 1.52. The summed E-state index contributed by atoms with van der Waals surface area (Å²) in [6.07, 6.45) is 2.41. The summed E-state index contributed by atoms with van der Waals surface area (Å²) in [6, 6.07) is 14.0. The highest BCUT2D eigenvalue weighted by Gasteiger charge is 2.26. The van der Waals surface area contributed by atoms with E-state index in [2.05, 4.69) is 42.0 Å². The molecule has 1 fully saturated rings. The molecule has 2 heterocycles. The molecule has 3 aromatic rings. The van der Waals surface area contributed by atoms with Gasteiger partial charge in [-0.3, -0.25) is 4.79 Å². The minimum atomic E-state index is 0.0562. The topological polar surface area (TPSA) is 41.4 Å². The standard InChI is InChI=1S/C24H27ClN4O/c1-4-22-21(16-26-29(22)20-9-6-8-19(25)15-20)24(30)28-13-11-27(12-14-28)23-10-5-7-17(2)18(23)3/h5-10,15-16H,4,11-14H2,1-3H3. The molecule has 0 saturated carbocycles. The van der Waals surface area contributed by atoms with Gasteiger partial charge in [-0.15, -0.1) is 0 Å². The molecule has 1 aliphatic heterocycles. The van der Waals surface area contributed by atoms with E-state index in [1.165, 1.54) is 16.8 Å². The summed E-state index contributed by atoms with van der Waals surface area (Å²) in [5.74, 6) is 0.0562. The molecule has 1 aliphatic rings. The maximum Gasteiger partial charge on any atom is 0.257 e. The normalized spacial score (nSPS) is 14.3. The second-order valence-electron chi connectivity index (χ2n) is 7.75. The van der Waals surface area contributed by atoms with Gasteiger partial charge in [0.2, 0.25) is 0 Å². The molecule has 1 saturated heterocycles. The molecule has 6 heteroatoms. The quantitative estimate of drug-likeness (QED) is 0.613. The molecule has 0 atom stereocenters. The Labute approximate surface area is 182 Å². The minimum absolute atomic E-state index is 0.0562. The van der Waals surface area contributed by atoms with E-state index in [0.29, 0.717) is 23.7 Å². The maximum atomic E-state index is 13.3. The van der Waals surface area contributed by atoms with Crippen molar-refractivity contribution in [3.63, 3.8) is 0 Å². The Hall–Kier alpha value is -2.79. The van der Waals surface area contributed by atoms with E-state index in [9.17, 15) is 4.79 Å². The number of halogens is 1. The number of aromatic nitrogens is 2. The molecule has 0 radical (unpaired) electrons. The predicted molar refractivity (Wildman–Crippen MR) is 122 cm³/mol. The fraction of sp³-hybridized carbons (Fsp3) is 0.333. The number of piperazine rings is 1. The minimum Gasteiger partial charge on any atom is -0.368 e. The van der Waals surface area contributed by atoms with E-state index < -0.39 is 0 Å². The van der Waals surface area contributed by atoms with Crippen molar-refractivity contribution >= 4 is 23.2 Å². The van der Waals surface area contributed by atoms with E-state index in [4.69, 9.17) is 11.6 Å². The first-order valence-corrected chi connectivity index (χ1v) is 10.8. The Morgan fingerprint density at radius 3 is 2.50 bits per heavy atom. The molecule has 0 bridgehead atoms. The number of hydrogen-bond acceptors (Lipinski definition) is 3. The van der Waals surface area contributed by atoms with Crippen LogP contribution in [0.3, 0.4) is 0 Å². The summed E-state index contributed by atoms with van der Waals surface area (Å²) in [4.78, 5) is 17.6. The maximum absolute atomic E-state index is 13.3. The second-order valence-corrected chi connectivity index (χ2v) is 8.18. The summed E-state index contributed by atoms with van der Waals surface area (Å²) in [5, 5.41) is 5.15. The van der Waals surface area contributed by atoms with Crippen LogP contribution in [-0.2, 0) is 6.42 Å². The lowest BCUT2D eigenvalue weighted by Gasteiger charge is -2.37. The van der Waals surface area contributed by atoms with Crippen LogP contribution < -0.4 is 4.90 Å². The number of carbonyl (C=O) groups is 1. The van der Waals surface area contributed by atoms with Crippen molar-refractivity contribution in [2.24, 2.45) is 0 Å². The first-order chi connectivity index (χ1) is 14.5. The van der Waals surface area contributed by atoms with Crippen LogP contribution >= 0.6 is 11.6 Å². The lowest BCUT2D eigenvalue weighted by molar-refractivity contribution is 0.0745. The number of carbonyl (C=O) groups excluding carboxylic acids is 1. The van der Waals surface area contributed by atoms with E-state index in [1.807, 2.05) is 40.8 Å². The van der Waals surface area contributed by atoms with Crippen molar-refractivity contribution in [3.05, 3.63) is 76.1 Å². The smallest absolute Gasteiger partial charge is 0.257 e. The van der Waals surface area contributed by atoms with E-state index in [-0.39, 0.29) is 5.91 Å². The van der Waals surface area contributed by atoms with Crippen LogP contribution in [-0.4, -0.2) is 46.8 Å². The van der Waals surface area contributed by atoms with E-state index in [0.717, 1.165) is 30.9 Å². The van der Waals surface area contributed by atoms with Gasteiger partial charge < -0.3 is 9.80 Å². The Bertz CT molecular complexity index is 1070. The first-order valence-electron chi connectivity index (χ1n) is 10.4.